The second kappa shape index (κ2) is 2.26. The number of fused-ring (bicyclic) bond motifs is 1. The van der Waals surface area contributed by atoms with E-state index in [9.17, 15) is 4.79 Å². The van der Waals surface area contributed by atoms with Crippen LogP contribution in [0.2, 0.25) is 0 Å². The maximum absolute atomic E-state index is 11.1. The van der Waals surface area contributed by atoms with Crippen LogP contribution >= 0.6 is 0 Å². The van der Waals surface area contributed by atoms with E-state index in [-0.39, 0.29) is 18.0 Å². The molecule has 0 spiro atoms. The van der Waals surface area contributed by atoms with Crippen molar-refractivity contribution >= 4 is 5.97 Å². The van der Waals surface area contributed by atoms with Gasteiger partial charge in [-0.2, -0.15) is 0 Å². The molecule has 3 nitrogen and oxygen atoms in total. The molecule has 2 rings (SSSR count). The highest BCUT2D eigenvalue weighted by Crippen LogP contribution is 2.47. The molecule has 11 heavy (non-hydrogen) atoms. The van der Waals surface area contributed by atoms with Crippen LogP contribution in [0.5, 0.6) is 0 Å². The number of carbonyl (C=O) groups is 1. The van der Waals surface area contributed by atoms with Gasteiger partial charge in [-0.3, -0.25) is 4.79 Å². The van der Waals surface area contributed by atoms with Crippen molar-refractivity contribution in [2.75, 3.05) is 6.61 Å². The molecule has 1 fully saturated rings. The minimum absolute atomic E-state index is 0.0139. The summed E-state index contributed by atoms with van der Waals surface area (Å²) in [5.74, 6) is 0.167. The van der Waals surface area contributed by atoms with Crippen molar-refractivity contribution < 1.29 is 14.3 Å². The van der Waals surface area contributed by atoms with Crippen LogP contribution in [0.3, 0.4) is 0 Å². The van der Waals surface area contributed by atoms with Gasteiger partial charge in [0.2, 0.25) is 0 Å². The van der Waals surface area contributed by atoms with Crippen molar-refractivity contribution in [2.24, 2.45) is 11.8 Å². The Hall–Kier alpha value is -0.990. The zero-order valence-electron chi connectivity index (χ0n) is 6.32. The molecule has 1 saturated carbocycles. The first-order chi connectivity index (χ1) is 5.34. The van der Waals surface area contributed by atoms with Gasteiger partial charge in [-0.05, 0) is 13.0 Å². The number of ether oxygens (including phenoxy) is 2. The topological polar surface area (TPSA) is 35.5 Å². The monoisotopic (exact) mass is 154 g/mol. The van der Waals surface area contributed by atoms with Gasteiger partial charge in [-0.25, -0.2) is 0 Å². The molecule has 0 bridgehead atoms. The molecule has 0 radical (unpaired) electrons. The first-order valence-corrected chi connectivity index (χ1v) is 3.83. The fourth-order valence-corrected chi connectivity index (χ4v) is 1.47. The van der Waals surface area contributed by atoms with E-state index in [4.69, 9.17) is 9.47 Å². The van der Waals surface area contributed by atoms with E-state index >= 15 is 0 Å². The fourth-order valence-electron chi connectivity index (χ4n) is 1.47. The van der Waals surface area contributed by atoms with Gasteiger partial charge in [0.15, 0.2) is 0 Å². The van der Waals surface area contributed by atoms with E-state index in [1.807, 2.05) is 13.0 Å². The Morgan fingerprint density at radius 1 is 1.73 bits per heavy atom. The Morgan fingerprint density at radius 2 is 2.55 bits per heavy atom. The van der Waals surface area contributed by atoms with Crippen LogP contribution in [0.1, 0.15) is 6.92 Å². The van der Waals surface area contributed by atoms with E-state index in [1.54, 1.807) is 6.26 Å². The third-order valence-corrected chi connectivity index (χ3v) is 2.10. The zero-order chi connectivity index (χ0) is 7.84. The molecule has 60 valence electrons. The molecule has 0 amide bonds. The lowest BCUT2D eigenvalue weighted by atomic mass is 10.3. The summed E-state index contributed by atoms with van der Waals surface area (Å²) in [6, 6.07) is 0. The lowest BCUT2D eigenvalue weighted by molar-refractivity contribution is -0.145. The lowest BCUT2D eigenvalue weighted by Gasteiger charge is -2.00. The summed E-state index contributed by atoms with van der Waals surface area (Å²) in [6.07, 6.45) is 3.67. The van der Waals surface area contributed by atoms with Gasteiger partial charge in [0, 0.05) is 5.92 Å². The molecule has 0 saturated heterocycles. The van der Waals surface area contributed by atoms with Crippen LogP contribution in [-0.4, -0.2) is 18.7 Å². The average molecular weight is 154 g/mol. The Balaban J connectivity index is 1.90. The molecule has 2 aliphatic rings. The number of rotatable bonds is 2. The largest absolute Gasteiger partial charge is 0.497 e. The summed E-state index contributed by atoms with van der Waals surface area (Å²) in [5, 5.41) is 0. The molecule has 0 aromatic rings. The zero-order valence-corrected chi connectivity index (χ0v) is 6.32. The van der Waals surface area contributed by atoms with E-state index in [0.29, 0.717) is 12.5 Å². The number of hydrogen-bond donors (Lipinski definition) is 0. The third kappa shape index (κ3) is 0.914. The summed E-state index contributed by atoms with van der Waals surface area (Å²) in [5.41, 5.74) is 0. The fraction of sp³-hybridized carbons (Fsp3) is 0.625. The number of hydrogen-bond acceptors (Lipinski definition) is 3. The van der Waals surface area contributed by atoms with Gasteiger partial charge in [0.1, 0.15) is 12.0 Å². The maximum atomic E-state index is 11.1. The highest BCUT2D eigenvalue weighted by Gasteiger charge is 2.58. The highest BCUT2D eigenvalue weighted by atomic mass is 16.5. The van der Waals surface area contributed by atoms with Crippen molar-refractivity contribution in [1.82, 2.24) is 0 Å². The third-order valence-electron chi connectivity index (χ3n) is 2.10. The number of esters is 1. The molecule has 0 unspecified atom stereocenters. The second-order valence-corrected chi connectivity index (χ2v) is 2.78. The molecule has 0 N–H and O–H groups in total. The molecule has 1 heterocycles. The van der Waals surface area contributed by atoms with Crippen LogP contribution in [-0.2, 0) is 14.3 Å². The Morgan fingerprint density at radius 3 is 3.09 bits per heavy atom. The van der Waals surface area contributed by atoms with Crippen molar-refractivity contribution in [3.8, 4) is 0 Å². The predicted molar refractivity (Wildman–Crippen MR) is 37.6 cm³/mol. The first kappa shape index (κ1) is 6.70. The maximum Gasteiger partial charge on any atom is 0.313 e. The minimum Gasteiger partial charge on any atom is -0.497 e. The Bertz CT molecular complexity index is 209. The van der Waals surface area contributed by atoms with Crippen LogP contribution in [0.15, 0.2) is 12.3 Å². The van der Waals surface area contributed by atoms with Crippen LogP contribution < -0.4 is 0 Å². The Labute approximate surface area is 65.0 Å². The van der Waals surface area contributed by atoms with E-state index in [0.717, 1.165) is 0 Å². The van der Waals surface area contributed by atoms with Crippen molar-refractivity contribution in [3.05, 3.63) is 12.3 Å². The van der Waals surface area contributed by atoms with E-state index < -0.39 is 0 Å². The molecule has 3 atom stereocenters. The van der Waals surface area contributed by atoms with Crippen LogP contribution in [0.25, 0.3) is 0 Å². The van der Waals surface area contributed by atoms with Gasteiger partial charge >= 0.3 is 5.97 Å². The smallest absolute Gasteiger partial charge is 0.313 e. The highest BCUT2D eigenvalue weighted by molar-refractivity contribution is 5.78. The molecule has 1 aliphatic heterocycles. The van der Waals surface area contributed by atoms with Crippen molar-refractivity contribution in [1.29, 1.82) is 0 Å². The molecule has 0 aromatic heterocycles. The summed E-state index contributed by atoms with van der Waals surface area (Å²) in [7, 11) is 0. The van der Waals surface area contributed by atoms with E-state index in [1.165, 1.54) is 0 Å². The standard InChI is InChI=1S/C8H10O3/c1-2-10-8(9)6-5-3-4-11-7(5)6/h3-7H,2H2,1H3/t5-,6+,7-/m0/s1. The SMILES string of the molecule is CCOC(=O)[C@@H]1[C@@H]2C=CO[C@@H]21. The molecular formula is C8H10O3. The molecule has 3 heteroatoms. The quantitative estimate of drug-likeness (QED) is 0.549. The van der Waals surface area contributed by atoms with Gasteiger partial charge in [0.05, 0.1) is 12.9 Å². The van der Waals surface area contributed by atoms with Crippen LogP contribution in [0.4, 0.5) is 0 Å². The number of carbonyl (C=O) groups excluding carboxylic acids is 1. The normalized spacial score (nSPS) is 37.7. The minimum atomic E-state index is -0.119. The van der Waals surface area contributed by atoms with Crippen molar-refractivity contribution in [3.63, 3.8) is 0 Å². The van der Waals surface area contributed by atoms with Gasteiger partial charge < -0.3 is 9.47 Å². The summed E-state index contributed by atoms with van der Waals surface area (Å²) in [4.78, 5) is 11.1. The molecular weight excluding hydrogens is 144 g/mol. The van der Waals surface area contributed by atoms with Crippen LogP contribution in [0, 0.1) is 11.8 Å². The first-order valence-electron chi connectivity index (χ1n) is 3.83. The summed E-state index contributed by atoms with van der Waals surface area (Å²) < 4.78 is 9.97. The van der Waals surface area contributed by atoms with E-state index in [2.05, 4.69) is 0 Å². The summed E-state index contributed by atoms with van der Waals surface area (Å²) >= 11 is 0. The summed E-state index contributed by atoms with van der Waals surface area (Å²) in [6.45, 7) is 2.27. The van der Waals surface area contributed by atoms with Gasteiger partial charge in [-0.15, -0.1) is 0 Å². The second-order valence-electron chi connectivity index (χ2n) is 2.78. The van der Waals surface area contributed by atoms with Gasteiger partial charge in [0.25, 0.3) is 0 Å². The van der Waals surface area contributed by atoms with Crippen molar-refractivity contribution in [2.45, 2.75) is 13.0 Å². The average Bonchev–Trinajstić information content (AvgIpc) is 2.47. The molecule has 1 aliphatic carbocycles. The van der Waals surface area contributed by atoms with Gasteiger partial charge in [-0.1, -0.05) is 0 Å². The lowest BCUT2D eigenvalue weighted by Crippen LogP contribution is -2.10. The Kier molecular flexibility index (Phi) is 1.37. The predicted octanol–water partition coefficient (Wildman–Crippen LogP) is 0.708. The molecule has 0 aromatic carbocycles.